The van der Waals surface area contributed by atoms with Crippen LogP contribution in [0.5, 0.6) is 0 Å². The third-order valence-electron chi connectivity index (χ3n) is 3.38. The predicted octanol–water partition coefficient (Wildman–Crippen LogP) is 3.51. The van der Waals surface area contributed by atoms with Gasteiger partial charge in [0, 0.05) is 6.42 Å². The van der Waals surface area contributed by atoms with E-state index in [9.17, 15) is 4.79 Å². The average molecular weight is 192 g/mol. The van der Waals surface area contributed by atoms with Crippen molar-refractivity contribution in [3.63, 3.8) is 0 Å². The first-order valence-electron chi connectivity index (χ1n) is 5.29. The standard InChI is InChI=1S/C13H20O/c1-5-11(14)9-12-10(2)7-6-8-13(12,3)4/h5,7,12H,1,6,8-9H2,2-4H3. The third kappa shape index (κ3) is 2.34. The van der Waals surface area contributed by atoms with Crippen LogP contribution in [-0.2, 0) is 4.79 Å². The highest BCUT2D eigenvalue weighted by atomic mass is 16.1. The van der Waals surface area contributed by atoms with E-state index in [0.717, 1.165) is 6.42 Å². The van der Waals surface area contributed by atoms with Gasteiger partial charge in [0.15, 0.2) is 5.78 Å². The second kappa shape index (κ2) is 4.12. The molecule has 1 unspecified atom stereocenters. The maximum Gasteiger partial charge on any atom is 0.155 e. The van der Waals surface area contributed by atoms with E-state index in [1.807, 2.05) is 0 Å². The lowest BCUT2D eigenvalue weighted by Gasteiger charge is -2.38. The Labute approximate surface area is 86.9 Å². The summed E-state index contributed by atoms with van der Waals surface area (Å²) in [5.41, 5.74) is 1.63. The Balaban J connectivity index is 2.81. The van der Waals surface area contributed by atoms with Crippen LogP contribution in [0, 0.1) is 11.3 Å². The Morgan fingerprint density at radius 3 is 2.86 bits per heavy atom. The maximum absolute atomic E-state index is 11.4. The van der Waals surface area contributed by atoms with E-state index in [0.29, 0.717) is 12.3 Å². The molecule has 0 spiro atoms. The van der Waals surface area contributed by atoms with Crippen molar-refractivity contribution < 1.29 is 4.79 Å². The van der Waals surface area contributed by atoms with Crippen molar-refractivity contribution in [1.82, 2.24) is 0 Å². The maximum atomic E-state index is 11.4. The van der Waals surface area contributed by atoms with E-state index < -0.39 is 0 Å². The van der Waals surface area contributed by atoms with Gasteiger partial charge in [0.25, 0.3) is 0 Å². The summed E-state index contributed by atoms with van der Waals surface area (Å²) in [7, 11) is 0. The van der Waals surface area contributed by atoms with Crippen LogP contribution in [0.2, 0.25) is 0 Å². The molecule has 0 aromatic heterocycles. The van der Waals surface area contributed by atoms with Crippen molar-refractivity contribution in [2.45, 2.75) is 40.0 Å². The Morgan fingerprint density at radius 1 is 1.71 bits per heavy atom. The quantitative estimate of drug-likeness (QED) is 0.494. The second-order valence-corrected chi connectivity index (χ2v) is 4.90. The van der Waals surface area contributed by atoms with Crippen molar-refractivity contribution >= 4 is 5.78 Å². The minimum atomic E-state index is 0.165. The first-order chi connectivity index (χ1) is 6.47. The van der Waals surface area contributed by atoms with Crippen LogP contribution in [0.15, 0.2) is 24.3 Å². The Kier molecular flexibility index (Phi) is 3.30. The van der Waals surface area contributed by atoms with Crippen LogP contribution in [-0.4, -0.2) is 5.78 Å². The lowest BCUT2D eigenvalue weighted by Crippen LogP contribution is -2.29. The van der Waals surface area contributed by atoms with Crippen LogP contribution in [0.4, 0.5) is 0 Å². The molecule has 0 aromatic rings. The molecular formula is C13H20O. The van der Waals surface area contributed by atoms with Gasteiger partial charge in [-0.15, -0.1) is 0 Å². The number of carbonyl (C=O) groups excluding carboxylic acids is 1. The van der Waals surface area contributed by atoms with E-state index in [1.54, 1.807) is 0 Å². The largest absolute Gasteiger partial charge is 0.295 e. The zero-order valence-electron chi connectivity index (χ0n) is 9.47. The number of allylic oxidation sites excluding steroid dienone is 3. The molecule has 0 aromatic carbocycles. The summed E-state index contributed by atoms with van der Waals surface area (Å²) >= 11 is 0. The molecule has 0 aliphatic heterocycles. The van der Waals surface area contributed by atoms with E-state index >= 15 is 0 Å². The van der Waals surface area contributed by atoms with Crippen molar-refractivity contribution in [3.05, 3.63) is 24.3 Å². The third-order valence-corrected chi connectivity index (χ3v) is 3.38. The number of ketones is 1. The van der Waals surface area contributed by atoms with Gasteiger partial charge in [-0.25, -0.2) is 0 Å². The van der Waals surface area contributed by atoms with E-state index in [1.165, 1.54) is 18.1 Å². The molecule has 0 radical (unpaired) electrons. The number of hydrogen-bond acceptors (Lipinski definition) is 1. The van der Waals surface area contributed by atoms with Crippen molar-refractivity contribution in [2.75, 3.05) is 0 Å². The van der Waals surface area contributed by atoms with Gasteiger partial charge < -0.3 is 0 Å². The average Bonchev–Trinajstić information content (AvgIpc) is 2.11. The van der Waals surface area contributed by atoms with Crippen LogP contribution >= 0.6 is 0 Å². The lowest BCUT2D eigenvalue weighted by molar-refractivity contribution is -0.116. The lowest BCUT2D eigenvalue weighted by atomic mass is 9.67. The first-order valence-corrected chi connectivity index (χ1v) is 5.29. The molecule has 14 heavy (non-hydrogen) atoms. The number of rotatable bonds is 3. The zero-order chi connectivity index (χ0) is 10.8. The van der Waals surface area contributed by atoms with Crippen molar-refractivity contribution in [1.29, 1.82) is 0 Å². The highest BCUT2D eigenvalue weighted by Gasteiger charge is 2.33. The summed E-state index contributed by atoms with van der Waals surface area (Å²) in [5.74, 6) is 0.569. The smallest absolute Gasteiger partial charge is 0.155 e. The van der Waals surface area contributed by atoms with E-state index in [4.69, 9.17) is 0 Å². The Bertz CT molecular complexity index is 271. The molecule has 0 fully saturated rings. The fourth-order valence-corrected chi connectivity index (χ4v) is 2.33. The Hall–Kier alpha value is -0.850. The summed E-state index contributed by atoms with van der Waals surface area (Å²) in [4.78, 5) is 11.4. The van der Waals surface area contributed by atoms with Gasteiger partial charge in [-0.05, 0) is 37.2 Å². The zero-order valence-corrected chi connectivity index (χ0v) is 9.47. The molecule has 0 heterocycles. The highest BCUT2D eigenvalue weighted by Crippen LogP contribution is 2.42. The predicted molar refractivity (Wildman–Crippen MR) is 60.1 cm³/mol. The minimum Gasteiger partial charge on any atom is -0.295 e. The second-order valence-electron chi connectivity index (χ2n) is 4.90. The van der Waals surface area contributed by atoms with Crippen LogP contribution in [0.25, 0.3) is 0 Å². The highest BCUT2D eigenvalue weighted by molar-refractivity contribution is 5.89. The van der Waals surface area contributed by atoms with Gasteiger partial charge in [-0.3, -0.25) is 4.79 Å². The van der Waals surface area contributed by atoms with Gasteiger partial charge in [0.1, 0.15) is 0 Å². The summed E-state index contributed by atoms with van der Waals surface area (Å²) in [6.07, 6.45) is 6.67. The number of hydrogen-bond donors (Lipinski definition) is 0. The van der Waals surface area contributed by atoms with Gasteiger partial charge in [0.05, 0.1) is 0 Å². The summed E-state index contributed by atoms with van der Waals surface area (Å²) in [6.45, 7) is 10.2. The van der Waals surface area contributed by atoms with Gasteiger partial charge in [-0.1, -0.05) is 32.1 Å². The summed E-state index contributed by atoms with van der Waals surface area (Å²) in [5, 5.41) is 0. The summed E-state index contributed by atoms with van der Waals surface area (Å²) < 4.78 is 0. The molecule has 1 atom stereocenters. The monoisotopic (exact) mass is 192 g/mol. The molecule has 0 saturated carbocycles. The molecule has 0 amide bonds. The van der Waals surface area contributed by atoms with Crippen molar-refractivity contribution in [3.8, 4) is 0 Å². The molecule has 0 bridgehead atoms. The molecule has 1 aliphatic rings. The number of carbonyl (C=O) groups is 1. The Morgan fingerprint density at radius 2 is 2.36 bits per heavy atom. The molecule has 1 aliphatic carbocycles. The van der Waals surface area contributed by atoms with E-state index in [-0.39, 0.29) is 11.2 Å². The van der Waals surface area contributed by atoms with E-state index in [2.05, 4.69) is 33.4 Å². The van der Waals surface area contributed by atoms with Gasteiger partial charge in [-0.2, -0.15) is 0 Å². The normalized spacial score (nSPS) is 25.4. The summed E-state index contributed by atoms with van der Waals surface area (Å²) in [6, 6.07) is 0. The molecule has 1 heteroatoms. The fourth-order valence-electron chi connectivity index (χ4n) is 2.33. The molecule has 0 saturated heterocycles. The molecule has 0 N–H and O–H groups in total. The molecular weight excluding hydrogens is 172 g/mol. The van der Waals surface area contributed by atoms with Crippen LogP contribution < -0.4 is 0 Å². The van der Waals surface area contributed by atoms with Gasteiger partial charge >= 0.3 is 0 Å². The SMILES string of the molecule is C=CC(=O)CC1C(C)=CCCC1(C)C. The fraction of sp³-hybridized carbons (Fsp3) is 0.615. The van der Waals surface area contributed by atoms with Crippen LogP contribution in [0.3, 0.4) is 0 Å². The first kappa shape index (κ1) is 11.2. The molecule has 1 nitrogen and oxygen atoms in total. The molecule has 1 rings (SSSR count). The topological polar surface area (TPSA) is 17.1 Å². The van der Waals surface area contributed by atoms with Crippen LogP contribution in [0.1, 0.15) is 40.0 Å². The van der Waals surface area contributed by atoms with Gasteiger partial charge in [0.2, 0.25) is 0 Å². The minimum absolute atomic E-state index is 0.165. The van der Waals surface area contributed by atoms with Crippen molar-refractivity contribution in [2.24, 2.45) is 11.3 Å². The molecule has 78 valence electrons.